The van der Waals surface area contributed by atoms with Crippen LogP contribution in [0.1, 0.15) is 74.8 Å². The highest BCUT2D eigenvalue weighted by atomic mass is 16.6. The molecule has 2 aromatic rings. The van der Waals surface area contributed by atoms with E-state index in [-0.39, 0.29) is 29.5 Å². The number of ketones is 1. The number of aliphatic imine (C=N–C) groups is 1. The Bertz CT molecular complexity index is 1230. The van der Waals surface area contributed by atoms with E-state index in [9.17, 15) is 19.7 Å². The second-order valence-electron chi connectivity index (χ2n) is 10.1. The monoisotopic (exact) mass is 486 g/mol. The van der Waals surface area contributed by atoms with Gasteiger partial charge >= 0.3 is 5.97 Å². The Kier molecular flexibility index (Phi) is 6.81. The molecule has 0 N–H and O–H groups in total. The summed E-state index contributed by atoms with van der Waals surface area (Å²) >= 11 is 0. The van der Waals surface area contributed by atoms with Crippen LogP contribution in [0.5, 0.6) is 0 Å². The second-order valence-corrected chi connectivity index (χ2v) is 10.1. The molecule has 1 heterocycles. The van der Waals surface area contributed by atoms with Crippen LogP contribution in [0.25, 0.3) is 0 Å². The van der Waals surface area contributed by atoms with Crippen molar-refractivity contribution in [2.45, 2.75) is 69.8 Å². The molecule has 0 radical (unpaired) electrons. The number of hydrogen-bond donors (Lipinski definition) is 0. The average molecular weight is 487 g/mol. The van der Waals surface area contributed by atoms with E-state index >= 15 is 0 Å². The van der Waals surface area contributed by atoms with E-state index < -0.39 is 16.8 Å². The highest BCUT2D eigenvalue weighted by Crippen LogP contribution is 2.47. The van der Waals surface area contributed by atoms with Crippen LogP contribution in [0.3, 0.4) is 0 Å². The zero-order valence-electron chi connectivity index (χ0n) is 20.4. The molecule has 2 aliphatic carbocycles. The van der Waals surface area contributed by atoms with E-state index in [2.05, 4.69) is 0 Å². The number of nitro benzene ring substituents is 1. The molecular formula is C29H30N2O5. The summed E-state index contributed by atoms with van der Waals surface area (Å²) in [6, 6.07) is 16.1. The molecule has 1 aliphatic heterocycles. The molecular weight excluding hydrogens is 456 g/mol. The van der Waals surface area contributed by atoms with Crippen LogP contribution in [0.15, 0.2) is 70.9 Å². The van der Waals surface area contributed by atoms with Crippen molar-refractivity contribution in [2.75, 3.05) is 0 Å². The lowest BCUT2D eigenvalue weighted by Gasteiger charge is -2.37. The van der Waals surface area contributed by atoms with E-state index in [0.29, 0.717) is 35.4 Å². The molecule has 1 fully saturated rings. The third kappa shape index (κ3) is 4.74. The van der Waals surface area contributed by atoms with Gasteiger partial charge in [-0.3, -0.25) is 24.7 Å². The number of esters is 1. The summed E-state index contributed by atoms with van der Waals surface area (Å²) in [5.41, 5.74) is 3.64. The number of nitrogens with zero attached hydrogens (tertiary/aromatic N) is 2. The summed E-state index contributed by atoms with van der Waals surface area (Å²) in [4.78, 5) is 42.8. The van der Waals surface area contributed by atoms with Crippen LogP contribution >= 0.6 is 0 Å². The number of carbonyl (C=O) groups is 2. The second kappa shape index (κ2) is 10.2. The van der Waals surface area contributed by atoms with Gasteiger partial charge in [-0.15, -0.1) is 0 Å². The lowest BCUT2D eigenvalue weighted by Crippen LogP contribution is -2.39. The van der Waals surface area contributed by atoms with Crippen molar-refractivity contribution in [2.24, 2.45) is 10.9 Å². The predicted molar refractivity (Wildman–Crippen MR) is 136 cm³/mol. The SMILES string of the molecule is CC1=NC2=C(C(=O)C[C@H](c3ccccc3)C2)[C@@H](c2ccc([N+](=O)[O-])cc2)C1C(=O)OC1CCCCC1. The lowest BCUT2D eigenvalue weighted by atomic mass is 9.69. The van der Waals surface area contributed by atoms with Crippen LogP contribution in [0, 0.1) is 16.0 Å². The van der Waals surface area contributed by atoms with E-state index in [1.165, 1.54) is 12.1 Å². The maximum Gasteiger partial charge on any atom is 0.315 e. The van der Waals surface area contributed by atoms with Gasteiger partial charge in [-0.25, -0.2) is 0 Å². The summed E-state index contributed by atoms with van der Waals surface area (Å²) < 4.78 is 5.96. The standard InChI is InChI=1S/C29H30N2O5/c1-18-26(29(33)36-23-10-6-3-7-11-23)27(20-12-14-22(15-13-20)31(34)35)28-24(30-18)16-21(17-25(28)32)19-8-4-2-5-9-19/h2,4-5,8-9,12-15,21,23,26-27H,3,6-7,10-11,16-17H2,1H3/t21-,26?,27+/m1/s1. The van der Waals surface area contributed by atoms with Crippen molar-refractivity contribution >= 4 is 23.2 Å². The zero-order chi connectivity index (χ0) is 25.2. The Hall–Kier alpha value is -3.61. The molecule has 3 atom stereocenters. The van der Waals surface area contributed by atoms with Crippen molar-refractivity contribution < 1.29 is 19.2 Å². The van der Waals surface area contributed by atoms with E-state index in [1.54, 1.807) is 12.1 Å². The number of Topliss-reactive ketones (excluding diaryl/α,β-unsaturated/α-hetero) is 1. The molecule has 1 unspecified atom stereocenters. The number of benzene rings is 2. The smallest absolute Gasteiger partial charge is 0.315 e. The molecule has 0 bridgehead atoms. The molecule has 36 heavy (non-hydrogen) atoms. The molecule has 2 aromatic carbocycles. The predicted octanol–water partition coefficient (Wildman–Crippen LogP) is 6.05. The Morgan fingerprint density at radius 1 is 0.972 bits per heavy atom. The van der Waals surface area contributed by atoms with Crippen LogP contribution in [0.4, 0.5) is 5.69 Å². The first kappa shape index (κ1) is 24.1. The lowest BCUT2D eigenvalue weighted by molar-refractivity contribution is -0.384. The fraction of sp³-hybridized carbons (Fsp3) is 0.414. The maximum atomic E-state index is 13.6. The number of nitro groups is 1. The average Bonchev–Trinajstić information content (AvgIpc) is 2.89. The number of ether oxygens (including phenoxy) is 1. The van der Waals surface area contributed by atoms with E-state index in [0.717, 1.165) is 37.7 Å². The summed E-state index contributed by atoms with van der Waals surface area (Å²) in [7, 11) is 0. The molecule has 0 aromatic heterocycles. The van der Waals surface area contributed by atoms with Crippen molar-refractivity contribution in [3.63, 3.8) is 0 Å². The largest absolute Gasteiger partial charge is 0.462 e. The Balaban J connectivity index is 1.53. The number of carbonyl (C=O) groups excluding carboxylic acids is 2. The topological polar surface area (TPSA) is 98.9 Å². The summed E-state index contributed by atoms with van der Waals surface area (Å²) in [5.74, 6) is -1.67. The fourth-order valence-corrected chi connectivity index (χ4v) is 5.91. The summed E-state index contributed by atoms with van der Waals surface area (Å²) in [6.07, 6.45) is 5.76. The normalized spacial score (nSPS) is 24.6. The van der Waals surface area contributed by atoms with Gasteiger partial charge in [0.15, 0.2) is 5.78 Å². The van der Waals surface area contributed by atoms with Gasteiger partial charge in [-0.05, 0) is 56.1 Å². The Labute approximate surface area is 210 Å². The van der Waals surface area contributed by atoms with Crippen LogP contribution < -0.4 is 0 Å². The number of rotatable bonds is 5. The van der Waals surface area contributed by atoms with Crippen LogP contribution in [0.2, 0.25) is 0 Å². The molecule has 5 rings (SSSR count). The van der Waals surface area contributed by atoms with Gasteiger partial charge in [0, 0.05) is 41.5 Å². The molecule has 0 spiro atoms. The summed E-state index contributed by atoms with van der Waals surface area (Å²) in [6.45, 7) is 1.82. The first-order chi connectivity index (χ1) is 17.4. The van der Waals surface area contributed by atoms with Gasteiger partial charge in [0.05, 0.1) is 4.92 Å². The van der Waals surface area contributed by atoms with Crippen molar-refractivity contribution in [3.8, 4) is 0 Å². The Morgan fingerprint density at radius 2 is 1.67 bits per heavy atom. The highest BCUT2D eigenvalue weighted by molar-refractivity contribution is 6.09. The number of allylic oxidation sites excluding steroid dienone is 2. The van der Waals surface area contributed by atoms with Gasteiger partial charge in [0.2, 0.25) is 0 Å². The molecule has 7 heteroatoms. The minimum absolute atomic E-state index is 0.0252. The molecule has 1 saturated carbocycles. The molecule has 186 valence electrons. The van der Waals surface area contributed by atoms with Crippen LogP contribution in [-0.2, 0) is 14.3 Å². The van der Waals surface area contributed by atoms with Gasteiger partial charge in [0.25, 0.3) is 5.69 Å². The van der Waals surface area contributed by atoms with Gasteiger partial charge in [-0.2, -0.15) is 0 Å². The highest BCUT2D eigenvalue weighted by Gasteiger charge is 2.45. The molecule has 3 aliphatic rings. The fourth-order valence-electron chi connectivity index (χ4n) is 5.91. The number of non-ortho nitro benzene ring substituents is 1. The van der Waals surface area contributed by atoms with Crippen molar-refractivity contribution in [1.82, 2.24) is 0 Å². The maximum absolute atomic E-state index is 13.6. The van der Waals surface area contributed by atoms with Gasteiger partial charge < -0.3 is 4.74 Å². The third-order valence-electron chi connectivity index (χ3n) is 7.71. The van der Waals surface area contributed by atoms with Crippen molar-refractivity contribution in [1.29, 1.82) is 0 Å². The van der Waals surface area contributed by atoms with E-state index in [1.807, 2.05) is 37.3 Å². The first-order valence-electron chi connectivity index (χ1n) is 12.7. The first-order valence-corrected chi connectivity index (χ1v) is 12.7. The quantitative estimate of drug-likeness (QED) is 0.291. The zero-order valence-corrected chi connectivity index (χ0v) is 20.4. The molecule has 0 saturated heterocycles. The van der Waals surface area contributed by atoms with Crippen molar-refractivity contribution in [3.05, 3.63) is 87.1 Å². The van der Waals surface area contributed by atoms with Gasteiger partial charge in [-0.1, -0.05) is 48.9 Å². The van der Waals surface area contributed by atoms with Gasteiger partial charge in [0.1, 0.15) is 12.0 Å². The Morgan fingerprint density at radius 3 is 2.33 bits per heavy atom. The van der Waals surface area contributed by atoms with Crippen LogP contribution in [-0.4, -0.2) is 28.5 Å². The molecule has 0 amide bonds. The summed E-state index contributed by atoms with van der Waals surface area (Å²) in [5, 5.41) is 11.2. The third-order valence-corrected chi connectivity index (χ3v) is 7.71. The molecule has 7 nitrogen and oxygen atoms in total. The number of hydrogen-bond acceptors (Lipinski definition) is 6. The minimum Gasteiger partial charge on any atom is -0.462 e. The minimum atomic E-state index is -0.732. The van der Waals surface area contributed by atoms with E-state index in [4.69, 9.17) is 9.73 Å².